The molecule has 1 aromatic heterocycles. The van der Waals surface area contributed by atoms with E-state index in [-0.39, 0.29) is 5.28 Å². The van der Waals surface area contributed by atoms with Gasteiger partial charge in [0.1, 0.15) is 0 Å². The highest BCUT2D eigenvalue weighted by molar-refractivity contribution is 7.99. The van der Waals surface area contributed by atoms with Crippen molar-refractivity contribution in [3.8, 4) is 0 Å². The summed E-state index contributed by atoms with van der Waals surface area (Å²) in [7, 11) is 1.77. The molecule has 0 spiro atoms. The summed E-state index contributed by atoms with van der Waals surface area (Å²) in [6.45, 7) is 2.24. The molecule has 0 radical (unpaired) electrons. The molecule has 6 heteroatoms. The van der Waals surface area contributed by atoms with Crippen LogP contribution in [0.1, 0.15) is 45.4 Å². The summed E-state index contributed by atoms with van der Waals surface area (Å²) < 4.78 is 0. The number of anilines is 1. The minimum absolute atomic E-state index is 0.250. The normalized spacial score (nSPS) is 10.6. The van der Waals surface area contributed by atoms with Gasteiger partial charge in [-0.1, -0.05) is 50.8 Å². The predicted octanol–water partition coefficient (Wildman–Crippen LogP) is 4.02. The Morgan fingerprint density at radius 3 is 2.50 bits per heavy atom. The van der Waals surface area contributed by atoms with Gasteiger partial charge >= 0.3 is 0 Å². The third kappa shape index (κ3) is 6.40. The average Bonchev–Trinajstić information content (AvgIpc) is 2.37. The van der Waals surface area contributed by atoms with Gasteiger partial charge in [0, 0.05) is 12.8 Å². The van der Waals surface area contributed by atoms with Gasteiger partial charge < -0.3 is 5.32 Å². The van der Waals surface area contributed by atoms with Crippen molar-refractivity contribution in [2.24, 2.45) is 0 Å². The van der Waals surface area contributed by atoms with Gasteiger partial charge in [-0.25, -0.2) is 0 Å². The molecule has 0 atom stereocenters. The third-order valence-corrected chi connectivity index (χ3v) is 3.64. The van der Waals surface area contributed by atoms with Gasteiger partial charge in [0.25, 0.3) is 0 Å². The molecular formula is C12H21ClN4S. The molecule has 0 saturated carbocycles. The van der Waals surface area contributed by atoms with Gasteiger partial charge in [0.2, 0.25) is 11.2 Å². The lowest BCUT2D eigenvalue weighted by molar-refractivity contribution is 0.626. The van der Waals surface area contributed by atoms with Crippen molar-refractivity contribution in [1.29, 1.82) is 0 Å². The molecule has 0 aromatic carbocycles. The van der Waals surface area contributed by atoms with Crippen LogP contribution in [0.15, 0.2) is 5.16 Å². The van der Waals surface area contributed by atoms with Crippen molar-refractivity contribution in [3.63, 3.8) is 0 Å². The lowest BCUT2D eigenvalue weighted by Gasteiger charge is -2.03. The fourth-order valence-electron chi connectivity index (χ4n) is 1.55. The van der Waals surface area contributed by atoms with Crippen molar-refractivity contribution in [2.75, 3.05) is 18.1 Å². The molecule has 0 bridgehead atoms. The van der Waals surface area contributed by atoms with Crippen LogP contribution in [0.5, 0.6) is 0 Å². The number of unbranched alkanes of at least 4 members (excludes halogenated alkanes) is 5. The molecule has 0 fully saturated rings. The largest absolute Gasteiger partial charge is 0.357 e. The van der Waals surface area contributed by atoms with Crippen LogP contribution in [0.3, 0.4) is 0 Å². The van der Waals surface area contributed by atoms with Crippen molar-refractivity contribution in [3.05, 3.63) is 5.28 Å². The van der Waals surface area contributed by atoms with Crippen molar-refractivity contribution < 1.29 is 0 Å². The zero-order valence-corrected chi connectivity index (χ0v) is 12.7. The van der Waals surface area contributed by atoms with E-state index in [1.54, 1.807) is 18.8 Å². The Kier molecular flexibility index (Phi) is 8.09. The monoisotopic (exact) mass is 288 g/mol. The van der Waals surface area contributed by atoms with Gasteiger partial charge in [-0.3, -0.25) is 0 Å². The molecule has 18 heavy (non-hydrogen) atoms. The molecule has 1 rings (SSSR count). The van der Waals surface area contributed by atoms with Crippen LogP contribution in [-0.2, 0) is 0 Å². The fraction of sp³-hybridized carbons (Fsp3) is 0.750. The molecule has 0 aliphatic rings. The number of nitrogens with zero attached hydrogens (tertiary/aromatic N) is 3. The van der Waals surface area contributed by atoms with E-state index in [1.165, 1.54) is 38.5 Å². The molecule has 102 valence electrons. The summed E-state index contributed by atoms with van der Waals surface area (Å²) in [5, 5.41) is 3.82. The fourth-order valence-corrected chi connectivity index (χ4v) is 2.60. The quantitative estimate of drug-likeness (QED) is 0.549. The predicted molar refractivity (Wildman–Crippen MR) is 78.5 cm³/mol. The minimum Gasteiger partial charge on any atom is -0.357 e. The second-order valence-electron chi connectivity index (χ2n) is 4.08. The molecule has 0 aliphatic heterocycles. The number of thioether (sulfide) groups is 1. The summed E-state index contributed by atoms with van der Waals surface area (Å²) in [5.74, 6) is 1.57. The molecule has 0 amide bonds. The molecule has 1 aromatic rings. The summed E-state index contributed by atoms with van der Waals surface area (Å²) in [4.78, 5) is 12.3. The maximum atomic E-state index is 5.81. The SMILES string of the molecule is CCCCCCCCSc1nc(Cl)nc(NC)n1. The Morgan fingerprint density at radius 2 is 1.78 bits per heavy atom. The van der Waals surface area contributed by atoms with Crippen molar-refractivity contribution in [1.82, 2.24) is 15.0 Å². The smallest absolute Gasteiger partial charge is 0.228 e. The van der Waals surface area contributed by atoms with E-state index >= 15 is 0 Å². The Bertz CT molecular complexity index is 349. The maximum Gasteiger partial charge on any atom is 0.228 e. The van der Waals surface area contributed by atoms with Crippen LogP contribution in [0, 0.1) is 0 Å². The van der Waals surface area contributed by atoms with Crippen LogP contribution in [-0.4, -0.2) is 27.8 Å². The standard InChI is InChI=1S/C12H21ClN4S/c1-3-4-5-6-7-8-9-18-12-16-10(13)15-11(14-2)17-12/h3-9H2,1-2H3,(H,14,15,16,17). The summed E-state index contributed by atoms with van der Waals surface area (Å²) in [5.41, 5.74) is 0. The molecule has 1 N–H and O–H groups in total. The zero-order valence-electron chi connectivity index (χ0n) is 11.1. The first-order valence-corrected chi connectivity index (χ1v) is 7.84. The number of hydrogen-bond acceptors (Lipinski definition) is 5. The van der Waals surface area contributed by atoms with E-state index in [2.05, 4.69) is 27.2 Å². The maximum absolute atomic E-state index is 5.81. The van der Waals surface area contributed by atoms with Crippen LogP contribution in [0.2, 0.25) is 5.28 Å². The van der Waals surface area contributed by atoms with Crippen LogP contribution in [0.25, 0.3) is 0 Å². The van der Waals surface area contributed by atoms with Gasteiger partial charge in [0.15, 0.2) is 5.16 Å². The number of hydrogen-bond donors (Lipinski definition) is 1. The van der Waals surface area contributed by atoms with E-state index in [4.69, 9.17) is 11.6 Å². The summed E-state index contributed by atoms with van der Waals surface area (Å²) in [6, 6.07) is 0. The molecule has 1 heterocycles. The van der Waals surface area contributed by atoms with E-state index in [9.17, 15) is 0 Å². The van der Waals surface area contributed by atoms with Crippen molar-refractivity contribution in [2.45, 2.75) is 50.6 Å². The highest BCUT2D eigenvalue weighted by atomic mass is 35.5. The van der Waals surface area contributed by atoms with E-state index in [0.29, 0.717) is 11.1 Å². The molecule has 0 saturated heterocycles. The van der Waals surface area contributed by atoms with Crippen molar-refractivity contribution >= 4 is 29.3 Å². The number of rotatable bonds is 9. The summed E-state index contributed by atoms with van der Waals surface area (Å²) >= 11 is 7.45. The Morgan fingerprint density at radius 1 is 1.06 bits per heavy atom. The van der Waals surface area contributed by atoms with Crippen LogP contribution < -0.4 is 5.32 Å². The first-order valence-electron chi connectivity index (χ1n) is 6.48. The molecule has 4 nitrogen and oxygen atoms in total. The first-order chi connectivity index (χ1) is 8.76. The molecule has 0 aliphatic carbocycles. The third-order valence-electron chi connectivity index (χ3n) is 2.54. The number of halogens is 1. The van der Waals surface area contributed by atoms with E-state index in [0.717, 1.165) is 5.75 Å². The highest BCUT2D eigenvalue weighted by Gasteiger charge is 2.03. The zero-order chi connectivity index (χ0) is 13.2. The van der Waals surface area contributed by atoms with E-state index in [1.807, 2.05) is 0 Å². The Labute approximate surface area is 118 Å². The molecule has 0 unspecified atom stereocenters. The second-order valence-corrected chi connectivity index (χ2v) is 5.48. The number of aromatic nitrogens is 3. The average molecular weight is 289 g/mol. The first kappa shape index (κ1) is 15.5. The van der Waals surface area contributed by atoms with Gasteiger partial charge in [-0.05, 0) is 18.0 Å². The number of nitrogens with one attached hydrogen (secondary N) is 1. The second kappa shape index (κ2) is 9.39. The lowest BCUT2D eigenvalue weighted by atomic mass is 10.1. The Balaban J connectivity index is 2.20. The van der Waals surface area contributed by atoms with Crippen LogP contribution >= 0.6 is 23.4 Å². The van der Waals surface area contributed by atoms with Gasteiger partial charge in [-0.2, -0.15) is 15.0 Å². The van der Waals surface area contributed by atoms with Gasteiger partial charge in [-0.15, -0.1) is 0 Å². The lowest BCUT2D eigenvalue weighted by Crippen LogP contribution is -2.00. The Hall–Kier alpha value is -0.550. The molecular weight excluding hydrogens is 268 g/mol. The minimum atomic E-state index is 0.250. The topological polar surface area (TPSA) is 50.7 Å². The highest BCUT2D eigenvalue weighted by Crippen LogP contribution is 2.18. The summed E-state index contributed by atoms with van der Waals surface area (Å²) in [6.07, 6.45) is 7.81. The van der Waals surface area contributed by atoms with Gasteiger partial charge in [0.05, 0.1) is 0 Å². The van der Waals surface area contributed by atoms with E-state index < -0.39 is 0 Å². The van der Waals surface area contributed by atoms with Crippen LogP contribution in [0.4, 0.5) is 5.95 Å².